The fourth-order valence-corrected chi connectivity index (χ4v) is 4.29. The summed E-state index contributed by atoms with van der Waals surface area (Å²) < 4.78 is 33.8. The fourth-order valence-electron chi connectivity index (χ4n) is 3.16. The quantitative estimate of drug-likeness (QED) is 0.484. The second-order valence-corrected chi connectivity index (χ2v) is 9.57. The molecule has 1 amide bonds. The summed E-state index contributed by atoms with van der Waals surface area (Å²) in [5.74, 6) is 0.621. The van der Waals surface area contributed by atoms with Crippen LogP contribution < -0.4 is 14.8 Å². The summed E-state index contributed by atoms with van der Waals surface area (Å²) in [5.41, 5.74) is 2.87. The van der Waals surface area contributed by atoms with E-state index in [1.54, 1.807) is 31.2 Å². The van der Waals surface area contributed by atoms with Gasteiger partial charge >= 0.3 is 0 Å². The molecule has 3 aromatic carbocycles. The van der Waals surface area contributed by atoms with Gasteiger partial charge in [0.05, 0.1) is 10.6 Å². The molecule has 0 bridgehead atoms. The minimum atomic E-state index is -3.74. The van der Waals surface area contributed by atoms with Gasteiger partial charge in [0, 0.05) is 5.69 Å². The maximum absolute atomic E-state index is 12.7. The highest BCUT2D eigenvalue weighted by molar-refractivity contribution is 7.92. The summed E-state index contributed by atoms with van der Waals surface area (Å²) in [7, 11) is -3.74. The van der Waals surface area contributed by atoms with Gasteiger partial charge in [-0.3, -0.25) is 9.52 Å². The maximum Gasteiger partial charge on any atom is 0.265 e. The average Bonchev–Trinajstić information content (AvgIpc) is 2.76. The van der Waals surface area contributed by atoms with Crippen LogP contribution in [-0.4, -0.2) is 20.4 Å². The topological polar surface area (TPSA) is 84.5 Å². The van der Waals surface area contributed by atoms with Crippen LogP contribution in [-0.2, 0) is 14.8 Å². The summed E-state index contributed by atoms with van der Waals surface area (Å²) in [6, 6.07) is 20.8. The maximum atomic E-state index is 12.7. The van der Waals surface area contributed by atoms with Gasteiger partial charge < -0.3 is 10.1 Å². The highest BCUT2D eigenvalue weighted by Crippen LogP contribution is 2.27. The van der Waals surface area contributed by atoms with Gasteiger partial charge in [0.25, 0.3) is 15.9 Å². The van der Waals surface area contributed by atoms with Gasteiger partial charge in [-0.05, 0) is 67.3 Å². The molecule has 0 fully saturated rings. The number of hydrogen-bond acceptors (Lipinski definition) is 4. The Morgan fingerprint density at radius 2 is 1.50 bits per heavy atom. The van der Waals surface area contributed by atoms with Crippen molar-refractivity contribution in [3.63, 3.8) is 0 Å². The summed E-state index contributed by atoms with van der Waals surface area (Å²) in [6.07, 6.45) is -0.721. The SMILES string of the molecule is Cc1ccccc1NS(=O)(=O)c1ccc(NC(=O)C(C)Oc2ccccc2C(C)C)cc1. The normalized spacial score (nSPS) is 12.3. The number of carbonyl (C=O) groups is 1. The molecule has 0 aliphatic carbocycles. The van der Waals surface area contributed by atoms with E-state index in [-0.39, 0.29) is 16.7 Å². The van der Waals surface area contributed by atoms with E-state index in [1.165, 1.54) is 12.1 Å². The van der Waals surface area contributed by atoms with Gasteiger partial charge in [-0.1, -0.05) is 50.2 Å². The number of amides is 1. The number of benzene rings is 3. The van der Waals surface area contributed by atoms with Crippen LogP contribution in [0.15, 0.2) is 77.7 Å². The molecule has 1 unspecified atom stereocenters. The fraction of sp³-hybridized carbons (Fsp3) is 0.240. The Labute approximate surface area is 189 Å². The third-order valence-electron chi connectivity index (χ3n) is 5.04. The molecule has 1 atom stereocenters. The Hall–Kier alpha value is -3.32. The number of anilines is 2. The molecule has 168 valence electrons. The molecule has 0 saturated heterocycles. The molecule has 0 spiro atoms. The van der Waals surface area contributed by atoms with Crippen molar-refractivity contribution in [1.29, 1.82) is 0 Å². The second kappa shape index (κ2) is 9.87. The Kier molecular flexibility index (Phi) is 7.20. The molecule has 6 nitrogen and oxygen atoms in total. The van der Waals surface area contributed by atoms with E-state index in [2.05, 4.69) is 23.9 Å². The van der Waals surface area contributed by atoms with Crippen LogP contribution in [0.2, 0.25) is 0 Å². The number of nitrogens with one attached hydrogen (secondary N) is 2. The molecule has 3 rings (SSSR count). The van der Waals surface area contributed by atoms with Crippen molar-refractivity contribution in [2.45, 2.75) is 44.6 Å². The molecule has 0 radical (unpaired) electrons. The van der Waals surface area contributed by atoms with Crippen LogP contribution in [0, 0.1) is 6.92 Å². The molecule has 0 aromatic heterocycles. The van der Waals surface area contributed by atoms with Crippen molar-refractivity contribution < 1.29 is 17.9 Å². The largest absolute Gasteiger partial charge is 0.481 e. The third-order valence-corrected chi connectivity index (χ3v) is 6.42. The number of hydrogen-bond donors (Lipinski definition) is 2. The zero-order chi connectivity index (χ0) is 23.3. The van der Waals surface area contributed by atoms with Crippen molar-refractivity contribution in [2.24, 2.45) is 0 Å². The highest BCUT2D eigenvalue weighted by atomic mass is 32.2. The van der Waals surface area contributed by atoms with E-state index < -0.39 is 16.1 Å². The van der Waals surface area contributed by atoms with Gasteiger partial charge in [0.15, 0.2) is 6.10 Å². The highest BCUT2D eigenvalue weighted by Gasteiger charge is 2.19. The lowest BCUT2D eigenvalue weighted by Gasteiger charge is -2.18. The lowest BCUT2D eigenvalue weighted by molar-refractivity contribution is -0.122. The first kappa shape index (κ1) is 23.3. The van der Waals surface area contributed by atoms with Crippen LogP contribution in [0.5, 0.6) is 5.75 Å². The molecule has 0 aliphatic heterocycles. The third kappa shape index (κ3) is 5.68. The van der Waals surface area contributed by atoms with E-state index in [9.17, 15) is 13.2 Å². The predicted molar refractivity (Wildman–Crippen MR) is 128 cm³/mol. The molecule has 3 aromatic rings. The van der Waals surface area contributed by atoms with Crippen molar-refractivity contribution in [2.75, 3.05) is 10.0 Å². The first-order valence-electron chi connectivity index (χ1n) is 10.4. The summed E-state index contributed by atoms with van der Waals surface area (Å²) >= 11 is 0. The molecule has 0 saturated carbocycles. The van der Waals surface area contributed by atoms with E-state index in [1.807, 2.05) is 43.3 Å². The number of ether oxygens (including phenoxy) is 1. The van der Waals surface area contributed by atoms with Gasteiger partial charge in [0.1, 0.15) is 5.75 Å². The van der Waals surface area contributed by atoms with E-state index in [0.717, 1.165) is 11.1 Å². The molecule has 32 heavy (non-hydrogen) atoms. The first-order chi connectivity index (χ1) is 15.2. The van der Waals surface area contributed by atoms with Crippen molar-refractivity contribution >= 4 is 27.3 Å². The number of carbonyl (C=O) groups excluding carboxylic acids is 1. The minimum absolute atomic E-state index is 0.105. The zero-order valence-electron chi connectivity index (χ0n) is 18.6. The predicted octanol–water partition coefficient (Wildman–Crippen LogP) is 5.33. The molecule has 0 aliphatic rings. The van der Waals surface area contributed by atoms with E-state index in [4.69, 9.17) is 4.74 Å². The molecule has 7 heteroatoms. The zero-order valence-corrected chi connectivity index (χ0v) is 19.4. The van der Waals surface area contributed by atoms with Crippen LogP contribution >= 0.6 is 0 Å². The van der Waals surface area contributed by atoms with E-state index in [0.29, 0.717) is 17.1 Å². The summed E-state index contributed by atoms with van der Waals surface area (Å²) in [5, 5.41) is 2.77. The Bertz CT molecular complexity index is 1190. The van der Waals surface area contributed by atoms with Crippen molar-refractivity contribution in [3.05, 3.63) is 83.9 Å². The molecular weight excluding hydrogens is 424 g/mol. The minimum Gasteiger partial charge on any atom is -0.481 e. The number of rotatable bonds is 8. The lowest BCUT2D eigenvalue weighted by Crippen LogP contribution is -2.30. The van der Waals surface area contributed by atoms with E-state index >= 15 is 0 Å². The molecular formula is C25H28N2O4S. The lowest BCUT2D eigenvalue weighted by atomic mass is 10.0. The van der Waals surface area contributed by atoms with Crippen LogP contribution in [0.3, 0.4) is 0 Å². The standard InChI is InChI=1S/C25H28N2O4S/c1-17(2)22-10-6-8-12-24(22)31-19(4)25(28)26-20-13-15-21(16-14-20)32(29,30)27-23-11-7-5-9-18(23)3/h5-17,19,27H,1-4H3,(H,26,28). The van der Waals surface area contributed by atoms with Crippen LogP contribution in [0.4, 0.5) is 11.4 Å². The van der Waals surface area contributed by atoms with Crippen LogP contribution in [0.1, 0.15) is 37.8 Å². The van der Waals surface area contributed by atoms with Crippen molar-refractivity contribution in [1.82, 2.24) is 0 Å². The van der Waals surface area contributed by atoms with Crippen LogP contribution in [0.25, 0.3) is 0 Å². The second-order valence-electron chi connectivity index (χ2n) is 7.89. The Morgan fingerprint density at radius 1 is 0.875 bits per heavy atom. The summed E-state index contributed by atoms with van der Waals surface area (Å²) in [4.78, 5) is 12.7. The summed E-state index contributed by atoms with van der Waals surface area (Å²) in [6.45, 7) is 7.64. The van der Waals surface area contributed by atoms with Gasteiger partial charge in [-0.25, -0.2) is 8.42 Å². The van der Waals surface area contributed by atoms with Gasteiger partial charge in [-0.15, -0.1) is 0 Å². The monoisotopic (exact) mass is 452 g/mol. The Balaban J connectivity index is 1.66. The van der Waals surface area contributed by atoms with Crippen molar-refractivity contribution in [3.8, 4) is 5.75 Å². The number of sulfonamides is 1. The Morgan fingerprint density at radius 3 is 2.16 bits per heavy atom. The average molecular weight is 453 g/mol. The first-order valence-corrected chi connectivity index (χ1v) is 11.9. The van der Waals surface area contributed by atoms with Gasteiger partial charge in [0.2, 0.25) is 0 Å². The smallest absolute Gasteiger partial charge is 0.265 e. The number of aryl methyl sites for hydroxylation is 1. The molecule has 0 heterocycles. The van der Waals surface area contributed by atoms with Gasteiger partial charge in [-0.2, -0.15) is 0 Å². The number of para-hydroxylation sites is 2. The molecule has 2 N–H and O–H groups in total.